The molecule has 0 radical (unpaired) electrons. The molecule has 178 valence electrons. The van der Waals surface area contributed by atoms with Crippen molar-refractivity contribution in [1.82, 2.24) is 30.1 Å². The molecule has 4 aromatic rings. The predicted octanol–water partition coefficient (Wildman–Crippen LogP) is 4.93. The maximum atomic E-state index is 13.1. The number of furan rings is 1. The molecule has 0 saturated heterocycles. The first-order valence-electron chi connectivity index (χ1n) is 12.2. The normalized spacial score (nSPS) is 15.7. The van der Waals surface area contributed by atoms with E-state index in [2.05, 4.69) is 52.2 Å². The van der Waals surface area contributed by atoms with Crippen molar-refractivity contribution in [3.8, 4) is 0 Å². The Morgan fingerprint density at radius 1 is 1.18 bits per heavy atom. The van der Waals surface area contributed by atoms with Gasteiger partial charge in [-0.05, 0) is 71.8 Å². The Labute approximate surface area is 199 Å². The fourth-order valence-corrected chi connectivity index (χ4v) is 5.25. The van der Waals surface area contributed by atoms with Gasteiger partial charge in [0.05, 0.1) is 24.9 Å². The number of tetrazole rings is 1. The van der Waals surface area contributed by atoms with Crippen LogP contribution in [0.5, 0.6) is 0 Å². The van der Waals surface area contributed by atoms with Crippen LogP contribution in [-0.2, 0) is 13.1 Å². The van der Waals surface area contributed by atoms with Crippen LogP contribution < -0.4 is 5.56 Å². The first-order chi connectivity index (χ1) is 16.5. The van der Waals surface area contributed by atoms with Gasteiger partial charge in [0.2, 0.25) is 0 Å². The quantitative estimate of drug-likeness (QED) is 0.401. The van der Waals surface area contributed by atoms with E-state index < -0.39 is 0 Å². The van der Waals surface area contributed by atoms with Crippen molar-refractivity contribution >= 4 is 10.9 Å². The summed E-state index contributed by atoms with van der Waals surface area (Å²) in [6.45, 7) is 7.44. The van der Waals surface area contributed by atoms with Crippen LogP contribution in [0.2, 0.25) is 0 Å². The molecule has 0 spiro atoms. The molecule has 3 aromatic heterocycles. The van der Waals surface area contributed by atoms with E-state index in [0.29, 0.717) is 19.1 Å². The largest absolute Gasteiger partial charge is 0.468 e. The van der Waals surface area contributed by atoms with Gasteiger partial charge in [0.25, 0.3) is 5.56 Å². The molecular weight excluding hydrogens is 428 g/mol. The molecule has 1 aliphatic carbocycles. The molecule has 3 heterocycles. The van der Waals surface area contributed by atoms with E-state index in [-0.39, 0.29) is 17.5 Å². The highest BCUT2D eigenvalue weighted by Gasteiger charge is 2.33. The van der Waals surface area contributed by atoms with Crippen LogP contribution in [0.4, 0.5) is 0 Å². The first kappa shape index (κ1) is 22.5. The third kappa shape index (κ3) is 4.55. The molecule has 1 N–H and O–H groups in total. The number of fused-ring (bicyclic) bond motifs is 1. The molecule has 8 nitrogen and oxygen atoms in total. The molecule has 1 fully saturated rings. The zero-order valence-corrected chi connectivity index (χ0v) is 20.1. The average molecular weight is 461 g/mol. The second-order valence-electron chi connectivity index (χ2n) is 9.81. The maximum absolute atomic E-state index is 13.1. The SMILES string of the molecule is Cc1ccc2[nH]c(=O)c(CN(Cc3ccco3)[C@@H](c3nnnn3C3CCCC3)C(C)C)cc2c1. The summed E-state index contributed by atoms with van der Waals surface area (Å²) >= 11 is 0. The maximum Gasteiger partial charge on any atom is 0.252 e. The molecular formula is C26H32N6O2. The molecule has 34 heavy (non-hydrogen) atoms. The van der Waals surface area contributed by atoms with E-state index in [9.17, 15) is 4.79 Å². The second-order valence-corrected chi connectivity index (χ2v) is 9.81. The van der Waals surface area contributed by atoms with E-state index in [1.165, 1.54) is 12.8 Å². The topological polar surface area (TPSA) is 92.8 Å². The van der Waals surface area contributed by atoms with Gasteiger partial charge in [-0.25, -0.2) is 4.68 Å². The Hall–Kier alpha value is -3.26. The lowest BCUT2D eigenvalue weighted by Crippen LogP contribution is -2.35. The Bertz CT molecular complexity index is 1300. The Morgan fingerprint density at radius 3 is 2.74 bits per heavy atom. The number of hydrogen-bond acceptors (Lipinski definition) is 6. The number of aromatic amines is 1. The molecule has 0 aliphatic heterocycles. The fourth-order valence-electron chi connectivity index (χ4n) is 5.25. The molecule has 1 aliphatic rings. The molecule has 8 heteroatoms. The molecule has 0 amide bonds. The summed E-state index contributed by atoms with van der Waals surface area (Å²) in [5.41, 5.74) is 2.66. The van der Waals surface area contributed by atoms with Gasteiger partial charge in [0, 0.05) is 17.6 Å². The number of aromatic nitrogens is 5. The smallest absolute Gasteiger partial charge is 0.252 e. The van der Waals surface area contributed by atoms with E-state index in [4.69, 9.17) is 4.42 Å². The monoisotopic (exact) mass is 460 g/mol. The second kappa shape index (κ2) is 9.54. The van der Waals surface area contributed by atoms with Crippen molar-refractivity contribution in [2.75, 3.05) is 0 Å². The zero-order valence-electron chi connectivity index (χ0n) is 20.1. The van der Waals surface area contributed by atoms with Crippen LogP contribution in [0.3, 0.4) is 0 Å². The van der Waals surface area contributed by atoms with E-state index in [0.717, 1.165) is 46.5 Å². The number of benzene rings is 1. The molecule has 0 unspecified atom stereocenters. The van der Waals surface area contributed by atoms with Crippen molar-refractivity contribution in [1.29, 1.82) is 0 Å². The summed E-state index contributed by atoms with van der Waals surface area (Å²) in [5, 5.41) is 14.0. The van der Waals surface area contributed by atoms with Gasteiger partial charge in [-0.15, -0.1) is 5.10 Å². The number of aryl methyl sites for hydroxylation is 1. The predicted molar refractivity (Wildman–Crippen MR) is 130 cm³/mol. The zero-order chi connectivity index (χ0) is 23.7. The minimum absolute atomic E-state index is 0.0707. The number of nitrogens with one attached hydrogen (secondary N) is 1. The van der Waals surface area contributed by atoms with Crippen LogP contribution in [0, 0.1) is 12.8 Å². The standard InChI is InChI=1S/C26H32N6O2/c1-17(2)24(25-28-29-30-32(25)21-7-4-5-8-21)31(16-22-9-6-12-34-22)15-20-14-19-13-18(3)10-11-23(19)27-26(20)33/h6,9-14,17,21,24H,4-5,7-8,15-16H2,1-3H3,(H,27,33)/t24-/m1/s1. The van der Waals surface area contributed by atoms with Gasteiger partial charge >= 0.3 is 0 Å². The van der Waals surface area contributed by atoms with Gasteiger partial charge in [0.15, 0.2) is 5.82 Å². The van der Waals surface area contributed by atoms with Crippen molar-refractivity contribution < 1.29 is 4.42 Å². The number of H-pyrrole nitrogens is 1. The lowest BCUT2D eigenvalue weighted by molar-refractivity contribution is 0.114. The van der Waals surface area contributed by atoms with Crippen LogP contribution in [0.25, 0.3) is 10.9 Å². The summed E-state index contributed by atoms with van der Waals surface area (Å²) in [6, 6.07) is 12.2. The van der Waals surface area contributed by atoms with E-state index in [1.807, 2.05) is 35.0 Å². The molecule has 5 rings (SSSR count). The molecule has 1 saturated carbocycles. The van der Waals surface area contributed by atoms with Crippen molar-refractivity contribution in [2.24, 2.45) is 5.92 Å². The summed E-state index contributed by atoms with van der Waals surface area (Å²) in [6.07, 6.45) is 6.30. The summed E-state index contributed by atoms with van der Waals surface area (Å²) in [5.74, 6) is 1.93. The molecule has 0 bridgehead atoms. The van der Waals surface area contributed by atoms with Crippen LogP contribution in [0.15, 0.2) is 51.9 Å². The minimum Gasteiger partial charge on any atom is -0.468 e. The fraction of sp³-hybridized carbons (Fsp3) is 0.462. The third-order valence-electron chi connectivity index (χ3n) is 6.87. The Balaban J connectivity index is 1.55. The van der Waals surface area contributed by atoms with Crippen molar-refractivity contribution in [3.05, 3.63) is 75.7 Å². The first-order valence-corrected chi connectivity index (χ1v) is 12.2. The minimum atomic E-state index is -0.0756. The average Bonchev–Trinajstić information content (AvgIpc) is 3.57. The van der Waals surface area contributed by atoms with Gasteiger partial charge in [-0.2, -0.15) is 0 Å². The van der Waals surface area contributed by atoms with Gasteiger partial charge in [-0.1, -0.05) is 38.3 Å². The van der Waals surface area contributed by atoms with Gasteiger partial charge < -0.3 is 9.40 Å². The Kier molecular flexibility index (Phi) is 6.32. The molecule has 1 atom stereocenters. The number of rotatable bonds is 8. The van der Waals surface area contributed by atoms with Crippen molar-refractivity contribution in [3.63, 3.8) is 0 Å². The van der Waals surface area contributed by atoms with Gasteiger partial charge in [0.1, 0.15) is 5.76 Å². The molecule has 1 aromatic carbocycles. The number of nitrogens with zero attached hydrogens (tertiary/aromatic N) is 5. The number of pyridine rings is 1. The lowest BCUT2D eigenvalue weighted by atomic mass is 9.99. The van der Waals surface area contributed by atoms with Gasteiger partial charge in [-0.3, -0.25) is 9.69 Å². The van der Waals surface area contributed by atoms with Crippen LogP contribution in [-0.4, -0.2) is 30.1 Å². The van der Waals surface area contributed by atoms with E-state index >= 15 is 0 Å². The summed E-state index contributed by atoms with van der Waals surface area (Å²) in [4.78, 5) is 18.4. The van der Waals surface area contributed by atoms with E-state index in [1.54, 1.807) is 6.26 Å². The third-order valence-corrected chi connectivity index (χ3v) is 6.87. The van der Waals surface area contributed by atoms with Crippen LogP contribution in [0.1, 0.15) is 74.3 Å². The van der Waals surface area contributed by atoms with Crippen LogP contribution >= 0.6 is 0 Å². The highest BCUT2D eigenvalue weighted by Crippen LogP contribution is 2.35. The Morgan fingerprint density at radius 2 is 2.00 bits per heavy atom. The summed E-state index contributed by atoms with van der Waals surface area (Å²) in [7, 11) is 0. The highest BCUT2D eigenvalue weighted by molar-refractivity contribution is 5.79. The van der Waals surface area contributed by atoms with Crippen molar-refractivity contribution in [2.45, 2.75) is 71.6 Å². The lowest BCUT2D eigenvalue weighted by Gasteiger charge is -2.33. The number of hydrogen-bond donors (Lipinski definition) is 1. The summed E-state index contributed by atoms with van der Waals surface area (Å²) < 4.78 is 7.74. The highest BCUT2D eigenvalue weighted by atomic mass is 16.3.